The molecule has 0 unspecified atom stereocenters. The van der Waals surface area contributed by atoms with Crippen molar-refractivity contribution in [2.45, 2.75) is 102 Å². The van der Waals surface area contributed by atoms with Gasteiger partial charge in [-0.25, -0.2) is 0 Å². The molecule has 110 valence electrons. The van der Waals surface area contributed by atoms with Gasteiger partial charge in [-0.2, -0.15) is 0 Å². The average molecular weight is 281 g/mol. The quantitative estimate of drug-likeness (QED) is 0.728. The summed E-state index contributed by atoms with van der Waals surface area (Å²) < 4.78 is 5.99. The van der Waals surface area contributed by atoms with E-state index in [1.54, 1.807) is 0 Å². The first-order valence-electron chi connectivity index (χ1n) is 8.91. The van der Waals surface area contributed by atoms with Gasteiger partial charge >= 0.3 is 0 Å². The first kappa shape index (κ1) is 14.1. The minimum atomic E-state index is -0.0579. The molecule has 3 rings (SSSR count). The Bertz CT molecular complexity index is 248. The van der Waals surface area contributed by atoms with Crippen molar-refractivity contribution < 1.29 is 0 Å². The van der Waals surface area contributed by atoms with Crippen molar-refractivity contribution in [3.8, 4) is 0 Å². The standard InChI is InChI=1S/C16H32N2Si/c1-2-9-16-17(14-10-5-3-6-11-14)19-18(16)15-12-7-4-8-13-15/h14-16H,2-13,19H2,1H3. The van der Waals surface area contributed by atoms with E-state index in [0.29, 0.717) is 0 Å². The van der Waals surface area contributed by atoms with Gasteiger partial charge < -0.3 is 0 Å². The normalized spacial score (nSPS) is 33.6. The highest BCUT2D eigenvalue weighted by Gasteiger charge is 2.43. The monoisotopic (exact) mass is 280 g/mol. The van der Waals surface area contributed by atoms with Gasteiger partial charge in [0, 0.05) is 12.1 Å². The van der Waals surface area contributed by atoms with E-state index in [-0.39, 0.29) is 9.84 Å². The van der Waals surface area contributed by atoms with Crippen LogP contribution in [-0.4, -0.2) is 37.2 Å². The summed E-state index contributed by atoms with van der Waals surface area (Å²) >= 11 is 0. The maximum absolute atomic E-state index is 3.00. The van der Waals surface area contributed by atoms with Gasteiger partial charge in [-0.05, 0) is 32.1 Å². The van der Waals surface area contributed by atoms with E-state index in [4.69, 9.17) is 0 Å². The average Bonchev–Trinajstić information content (AvgIpc) is 2.46. The molecule has 3 fully saturated rings. The van der Waals surface area contributed by atoms with Crippen LogP contribution in [0.2, 0.25) is 0 Å². The van der Waals surface area contributed by atoms with Gasteiger partial charge in [-0.15, -0.1) is 0 Å². The van der Waals surface area contributed by atoms with Crippen molar-refractivity contribution in [2.75, 3.05) is 0 Å². The third-order valence-corrected chi connectivity index (χ3v) is 8.26. The predicted molar refractivity (Wildman–Crippen MR) is 84.7 cm³/mol. The fraction of sp³-hybridized carbons (Fsp3) is 1.00. The van der Waals surface area contributed by atoms with Crippen molar-refractivity contribution in [1.82, 2.24) is 9.13 Å². The summed E-state index contributed by atoms with van der Waals surface area (Å²) in [7, 11) is -0.0579. The summed E-state index contributed by atoms with van der Waals surface area (Å²) in [6.45, 7) is 2.37. The van der Waals surface area contributed by atoms with Crippen LogP contribution in [-0.2, 0) is 0 Å². The molecule has 0 aromatic heterocycles. The summed E-state index contributed by atoms with van der Waals surface area (Å²) in [5.74, 6) is 0. The summed E-state index contributed by atoms with van der Waals surface area (Å²) in [5, 5.41) is 0. The van der Waals surface area contributed by atoms with Crippen LogP contribution in [0, 0.1) is 0 Å². The van der Waals surface area contributed by atoms with Crippen LogP contribution in [0.1, 0.15) is 84.0 Å². The van der Waals surface area contributed by atoms with E-state index in [1.165, 1.54) is 77.0 Å². The predicted octanol–water partition coefficient (Wildman–Crippen LogP) is 3.39. The second-order valence-corrected chi connectivity index (χ2v) is 8.77. The van der Waals surface area contributed by atoms with Crippen LogP contribution in [0.3, 0.4) is 0 Å². The smallest absolute Gasteiger partial charge is 0.175 e. The minimum absolute atomic E-state index is 0.0579. The maximum atomic E-state index is 3.00. The van der Waals surface area contributed by atoms with Crippen molar-refractivity contribution in [3.05, 3.63) is 0 Å². The van der Waals surface area contributed by atoms with Crippen LogP contribution in [0.25, 0.3) is 0 Å². The summed E-state index contributed by atoms with van der Waals surface area (Å²) in [4.78, 5) is 0. The van der Waals surface area contributed by atoms with Crippen LogP contribution in [0.5, 0.6) is 0 Å². The van der Waals surface area contributed by atoms with Crippen LogP contribution >= 0.6 is 0 Å². The number of hydrogen-bond donors (Lipinski definition) is 0. The van der Waals surface area contributed by atoms with Gasteiger partial charge in [0.25, 0.3) is 0 Å². The van der Waals surface area contributed by atoms with Crippen molar-refractivity contribution in [2.24, 2.45) is 0 Å². The lowest BCUT2D eigenvalue weighted by Gasteiger charge is -2.58. The second kappa shape index (κ2) is 6.73. The molecule has 0 atom stereocenters. The molecule has 1 aliphatic heterocycles. The Labute approximate surface area is 121 Å². The molecule has 0 spiro atoms. The molecular weight excluding hydrogens is 248 g/mol. The number of rotatable bonds is 4. The topological polar surface area (TPSA) is 6.48 Å². The van der Waals surface area contributed by atoms with E-state index < -0.39 is 0 Å². The highest BCUT2D eigenvalue weighted by molar-refractivity contribution is 6.32. The SMILES string of the molecule is CCCC1N(C2CCCCC2)[SiH2]N1C1CCCCC1. The largest absolute Gasteiger partial charge is 0.299 e. The highest BCUT2D eigenvalue weighted by atomic mass is 28.2. The van der Waals surface area contributed by atoms with Crippen molar-refractivity contribution in [3.63, 3.8) is 0 Å². The fourth-order valence-corrected chi connectivity index (χ4v) is 7.03. The zero-order valence-electron chi connectivity index (χ0n) is 12.8. The Balaban J connectivity index is 1.57. The molecule has 0 amide bonds. The zero-order chi connectivity index (χ0) is 13.1. The lowest BCUT2D eigenvalue weighted by Crippen LogP contribution is -2.72. The van der Waals surface area contributed by atoms with E-state index in [1.807, 2.05) is 0 Å². The Hall–Kier alpha value is 0.137. The summed E-state index contributed by atoms with van der Waals surface area (Å²) in [6, 6.07) is 1.97. The van der Waals surface area contributed by atoms with Gasteiger partial charge in [0.1, 0.15) is 0 Å². The molecule has 0 aromatic rings. The second-order valence-electron chi connectivity index (χ2n) is 7.02. The van der Waals surface area contributed by atoms with E-state index in [9.17, 15) is 0 Å². The molecule has 1 saturated heterocycles. The number of hydrogen-bond acceptors (Lipinski definition) is 2. The van der Waals surface area contributed by atoms with E-state index in [2.05, 4.69) is 16.1 Å². The molecule has 1 heterocycles. The molecule has 3 aliphatic rings. The Morgan fingerprint density at radius 2 is 1.26 bits per heavy atom. The van der Waals surface area contributed by atoms with Crippen LogP contribution in [0.15, 0.2) is 0 Å². The third-order valence-electron chi connectivity index (χ3n) is 5.73. The molecule has 0 bridgehead atoms. The first-order chi connectivity index (χ1) is 9.40. The van der Waals surface area contributed by atoms with Gasteiger partial charge in [0.15, 0.2) is 9.84 Å². The van der Waals surface area contributed by atoms with E-state index >= 15 is 0 Å². The Morgan fingerprint density at radius 3 is 1.68 bits per heavy atom. The van der Waals surface area contributed by atoms with Gasteiger partial charge in [0.05, 0.1) is 6.17 Å². The molecule has 2 saturated carbocycles. The summed E-state index contributed by atoms with van der Waals surface area (Å²) in [6.07, 6.45) is 18.7. The first-order valence-corrected chi connectivity index (χ1v) is 10.2. The lowest BCUT2D eigenvalue weighted by molar-refractivity contribution is 0.00373. The molecular formula is C16H32N2Si. The maximum Gasteiger partial charge on any atom is 0.175 e. The Kier molecular flexibility index (Phi) is 4.99. The molecule has 0 aromatic carbocycles. The van der Waals surface area contributed by atoms with Gasteiger partial charge in [-0.1, -0.05) is 51.9 Å². The van der Waals surface area contributed by atoms with Gasteiger partial charge in [-0.3, -0.25) is 9.13 Å². The van der Waals surface area contributed by atoms with E-state index in [0.717, 1.165) is 18.2 Å². The Morgan fingerprint density at radius 1 is 0.789 bits per heavy atom. The number of nitrogens with zero attached hydrogens (tertiary/aromatic N) is 2. The zero-order valence-corrected chi connectivity index (χ0v) is 14.2. The molecule has 2 nitrogen and oxygen atoms in total. The molecule has 0 radical (unpaired) electrons. The molecule has 3 heteroatoms. The van der Waals surface area contributed by atoms with Gasteiger partial charge in [0.2, 0.25) is 0 Å². The molecule has 19 heavy (non-hydrogen) atoms. The molecule has 0 N–H and O–H groups in total. The highest BCUT2D eigenvalue weighted by Crippen LogP contribution is 2.35. The van der Waals surface area contributed by atoms with Crippen molar-refractivity contribution >= 4 is 9.84 Å². The van der Waals surface area contributed by atoms with Crippen molar-refractivity contribution in [1.29, 1.82) is 0 Å². The van der Waals surface area contributed by atoms with Crippen LogP contribution in [0.4, 0.5) is 0 Å². The third kappa shape index (κ3) is 3.08. The lowest BCUT2D eigenvalue weighted by atomic mass is 9.93. The molecule has 2 aliphatic carbocycles. The fourth-order valence-electron chi connectivity index (χ4n) is 4.60. The minimum Gasteiger partial charge on any atom is -0.299 e. The van der Waals surface area contributed by atoms with Crippen LogP contribution < -0.4 is 0 Å². The summed E-state index contributed by atoms with van der Waals surface area (Å²) in [5.41, 5.74) is 0.